The number of carbonyl (C=O) groups excluding carboxylic acids is 1. The van der Waals surface area contributed by atoms with Crippen LogP contribution in [0.3, 0.4) is 0 Å². The van der Waals surface area contributed by atoms with Gasteiger partial charge >= 0.3 is 0 Å². The Bertz CT molecular complexity index is 893. The van der Waals surface area contributed by atoms with E-state index in [-0.39, 0.29) is 29.3 Å². The van der Waals surface area contributed by atoms with Crippen LogP contribution in [-0.4, -0.2) is 41.7 Å². The van der Waals surface area contributed by atoms with Gasteiger partial charge in [-0.1, -0.05) is 18.2 Å². The van der Waals surface area contributed by atoms with E-state index < -0.39 is 26.7 Å². The van der Waals surface area contributed by atoms with Gasteiger partial charge in [0.25, 0.3) is 11.6 Å². The molecule has 1 aliphatic rings. The molecule has 0 aliphatic carbocycles. The van der Waals surface area contributed by atoms with Crippen LogP contribution in [0.4, 0.5) is 5.69 Å². The van der Waals surface area contributed by atoms with E-state index in [9.17, 15) is 23.3 Å². The standard InChI is InChI=1S/C16H16N2O5S2/c19-16(14-5-1-2-6-15(14)18(20)21)17(10-13-4-3-8-24-13)12-7-9-25(22,23)11-12/h1-6,8,12H,7,9-11H2/t12-/m1/s1. The SMILES string of the molecule is O=C(c1ccccc1[N+](=O)[O-])N(Cc1cccs1)[C@@H]1CCS(=O)(=O)C1. The molecule has 1 fully saturated rings. The van der Waals surface area contributed by atoms with Crippen LogP contribution in [0.2, 0.25) is 0 Å². The predicted octanol–water partition coefficient (Wildman–Crippen LogP) is 2.49. The molecular formula is C16H16N2O5S2. The van der Waals surface area contributed by atoms with Crippen molar-refractivity contribution in [1.29, 1.82) is 0 Å². The van der Waals surface area contributed by atoms with Crippen molar-refractivity contribution >= 4 is 32.8 Å². The highest BCUT2D eigenvalue weighted by molar-refractivity contribution is 7.91. The van der Waals surface area contributed by atoms with Crippen LogP contribution in [0.15, 0.2) is 41.8 Å². The van der Waals surface area contributed by atoms with Crippen molar-refractivity contribution in [3.63, 3.8) is 0 Å². The third-order valence-electron chi connectivity index (χ3n) is 4.15. The minimum atomic E-state index is -3.19. The highest BCUT2D eigenvalue weighted by Crippen LogP contribution is 2.26. The molecule has 0 spiro atoms. The summed E-state index contributed by atoms with van der Waals surface area (Å²) in [6.45, 7) is 0.239. The molecule has 2 heterocycles. The lowest BCUT2D eigenvalue weighted by atomic mass is 10.1. The van der Waals surface area contributed by atoms with Gasteiger partial charge in [0.15, 0.2) is 9.84 Å². The second kappa shape index (κ2) is 6.93. The van der Waals surface area contributed by atoms with Crippen molar-refractivity contribution in [2.45, 2.75) is 19.0 Å². The largest absolute Gasteiger partial charge is 0.329 e. The molecule has 0 radical (unpaired) electrons. The number of hydrogen-bond donors (Lipinski definition) is 0. The second-order valence-corrected chi connectivity index (χ2v) is 9.10. The normalized spacial score (nSPS) is 18.8. The highest BCUT2D eigenvalue weighted by Gasteiger charge is 2.36. The van der Waals surface area contributed by atoms with Gasteiger partial charge in [-0.05, 0) is 23.9 Å². The molecule has 1 atom stereocenters. The van der Waals surface area contributed by atoms with E-state index in [2.05, 4.69) is 0 Å². The Hall–Kier alpha value is -2.26. The molecule has 0 bridgehead atoms. The molecule has 2 aromatic rings. The molecule has 0 N–H and O–H groups in total. The number of rotatable bonds is 5. The van der Waals surface area contributed by atoms with E-state index in [1.807, 2.05) is 17.5 Å². The molecule has 25 heavy (non-hydrogen) atoms. The van der Waals surface area contributed by atoms with Crippen LogP contribution in [0.1, 0.15) is 21.7 Å². The fourth-order valence-corrected chi connectivity index (χ4v) is 5.36. The molecule has 132 valence electrons. The molecule has 1 aliphatic heterocycles. The molecule has 1 amide bonds. The zero-order chi connectivity index (χ0) is 18.0. The molecule has 3 rings (SSSR count). The number of nitro groups is 1. The van der Waals surface area contributed by atoms with E-state index in [0.717, 1.165) is 4.88 Å². The average Bonchev–Trinajstić information content (AvgIpc) is 3.21. The number of amides is 1. The average molecular weight is 380 g/mol. The van der Waals surface area contributed by atoms with Crippen LogP contribution in [0.25, 0.3) is 0 Å². The topological polar surface area (TPSA) is 97.6 Å². The summed E-state index contributed by atoms with van der Waals surface area (Å²) in [5.74, 6) is -0.587. The first-order valence-corrected chi connectivity index (χ1v) is 10.3. The third kappa shape index (κ3) is 3.88. The van der Waals surface area contributed by atoms with Crippen LogP contribution in [0, 0.1) is 10.1 Å². The first-order valence-electron chi connectivity index (χ1n) is 7.64. The quantitative estimate of drug-likeness (QED) is 0.586. The maximum Gasteiger partial charge on any atom is 0.282 e. The first-order chi connectivity index (χ1) is 11.9. The Labute approximate surface area is 149 Å². The van der Waals surface area contributed by atoms with Crippen LogP contribution in [-0.2, 0) is 16.4 Å². The lowest BCUT2D eigenvalue weighted by Gasteiger charge is -2.27. The van der Waals surface area contributed by atoms with Gasteiger partial charge in [-0.15, -0.1) is 11.3 Å². The smallest absolute Gasteiger partial charge is 0.282 e. The van der Waals surface area contributed by atoms with Crippen LogP contribution >= 0.6 is 11.3 Å². The Balaban J connectivity index is 1.96. The van der Waals surface area contributed by atoms with E-state index in [1.165, 1.54) is 34.4 Å². The summed E-state index contributed by atoms with van der Waals surface area (Å²) in [4.78, 5) is 26.0. The van der Waals surface area contributed by atoms with Crippen molar-refractivity contribution in [3.8, 4) is 0 Å². The zero-order valence-electron chi connectivity index (χ0n) is 13.2. The maximum absolute atomic E-state index is 13.0. The maximum atomic E-state index is 13.0. The molecule has 9 heteroatoms. The predicted molar refractivity (Wildman–Crippen MR) is 94.3 cm³/mol. The van der Waals surface area contributed by atoms with E-state index in [4.69, 9.17) is 0 Å². The summed E-state index contributed by atoms with van der Waals surface area (Å²) in [6, 6.07) is 8.98. The van der Waals surface area contributed by atoms with Crippen molar-refractivity contribution in [3.05, 3.63) is 62.3 Å². The summed E-state index contributed by atoms with van der Waals surface area (Å²) < 4.78 is 23.7. The molecular weight excluding hydrogens is 364 g/mol. The van der Waals surface area contributed by atoms with Gasteiger partial charge < -0.3 is 4.90 Å². The number of hydrogen-bond acceptors (Lipinski definition) is 6. The highest BCUT2D eigenvalue weighted by atomic mass is 32.2. The fraction of sp³-hybridized carbons (Fsp3) is 0.312. The Morgan fingerprint density at radius 3 is 2.64 bits per heavy atom. The first kappa shape index (κ1) is 17.6. The van der Waals surface area contributed by atoms with Gasteiger partial charge in [0.05, 0.1) is 23.0 Å². The van der Waals surface area contributed by atoms with E-state index in [1.54, 1.807) is 6.07 Å². The minimum absolute atomic E-state index is 0.0200. The number of para-hydroxylation sites is 1. The lowest BCUT2D eigenvalue weighted by Crippen LogP contribution is -2.40. The van der Waals surface area contributed by atoms with Gasteiger partial charge in [-0.25, -0.2) is 8.42 Å². The molecule has 1 aromatic heterocycles. The van der Waals surface area contributed by atoms with Gasteiger partial charge in [0.2, 0.25) is 0 Å². The van der Waals surface area contributed by atoms with Gasteiger partial charge in [-0.3, -0.25) is 14.9 Å². The summed E-state index contributed by atoms with van der Waals surface area (Å²) in [7, 11) is -3.19. The zero-order valence-corrected chi connectivity index (χ0v) is 14.8. The van der Waals surface area contributed by atoms with Gasteiger partial charge in [0.1, 0.15) is 5.56 Å². The summed E-state index contributed by atoms with van der Waals surface area (Å²) >= 11 is 1.46. The second-order valence-electron chi connectivity index (χ2n) is 5.84. The molecule has 1 aromatic carbocycles. The minimum Gasteiger partial charge on any atom is -0.329 e. The molecule has 7 nitrogen and oxygen atoms in total. The lowest BCUT2D eigenvalue weighted by molar-refractivity contribution is -0.385. The molecule has 0 unspecified atom stereocenters. The summed E-state index contributed by atoms with van der Waals surface area (Å²) in [5.41, 5.74) is -0.294. The molecule has 1 saturated heterocycles. The summed E-state index contributed by atoms with van der Waals surface area (Å²) in [5, 5.41) is 13.1. The summed E-state index contributed by atoms with van der Waals surface area (Å²) in [6.07, 6.45) is 0.347. The Morgan fingerprint density at radius 2 is 2.04 bits per heavy atom. The van der Waals surface area contributed by atoms with Crippen molar-refractivity contribution in [1.82, 2.24) is 4.90 Å². The Morgan fingerprint density at radius 1 is 1.28 bits per heavy atom. The van der Waals surface area contributed by atoms with Crippen LogP contribution < -0.4 is 0 Å². The number of benzene rings is 1. The third-order valence-corrected chi connectivity index (χ3v) is 6.76. The van der Waals surface area contributed by atoms with Crippen molar-refractivity contribution in [2.24, 2.45) is 0 Å². The van der Waals surface area contributed by atoms with Gasteiger partial charge in [0, 0.05) is 17.0 Å². The number of sulfone groups is 1. The van der Waals surface area contributed by atoms with Gasteiger partial charge in [-0.2, -0.15) is 0 Å². The van der Waals surface area contributed by atoms with Crippen molar-refractivity contribution < 1.29 is 18.1 Å². The van der Waals surface area contributed by atoms with E-state index >= 15 is 0 Å². The molecule has 0 saturated carbocycles. The van der Waals surface area contributed by atoms with Crippen molar-refractivity contribution in [2.75, 3.05) is 11.5 Å². The Kier molecular flexibility index (Phi) is 4.87. The number of nitrogens with zero attached hydrogens (tertiary/aromatic N) is 2. The van der Waals surface area contributed by atoms with Crippen LogP contribution in [0.5, 0.6) is 0 Å². The van der Waals surface area contributed by atoms with E-state index in [0.29, 0.717) is 6.42 Å². The fourth-order valence-electron chi connectivity index (χ4n) is 2.93. The monoisotopic (exact) mass is 380 g/mol. The number of carbonyl (C=O) groups is 1. The number of thiophene rings is 1. The number of nitro benzene ring substituents is 1.